The summed E-state index contributed by atoms with van der Waals surface area (Å²) in [6.07, 6.45) is 0. The van der Waals surface area contributed by atoms with Gasteiger partial charge < -0.3 is 19.5 Å². The lowest BCUT2D eigenvalue weighted by Gasteiger charge is -2.18. The van der Waals surface area contributed by atoms with E-state index in [0.29, 0.717) is 24.9 Å². The fourth-order valence-electron chi connectivity index (χ4n) is 2.43. The van der Waals surface area contributed by atoms with Gasteiger partial charge in [-0.3, -0.25) is 5.43 Å². The molecule has 2 aromatic rings. The van der Waals surface area contributed by atoms with Gasteiger partial charge in [-0.05, 0) is 68.5 Å². The van der Waals surface area contributed by atoms with Gasteiger partial charge in [-0.25, -0.2) is 0 Å². The molecular formula is C19H21N3O3S. The Balaban J connectivity index is 1.58. The van der Waals surface area contributed by atoms with Crippen LogP contribution in [0.1, 0.15) is 19.4 Å². The maximum atomic E-state index is 5.60. The summed E-state index contributed by atoms with van der Waals surface area (Å²) in [6, 6.07) is 13.3. The molecule has 0 atom stereocenters. The van der Waals surface area contributed by atoms with Gasteiger partial charge in [0.05, 0.1) is 12.3 Å². The minimum absolute atomic E-state index is 0.408. The lowest BCUT2D eigenvalue weighted by molar-refractivity contribution is 0.171. The first-order chi connectivity index (χ1) is 12.7. The Kier molecular flexibility index (Phi) is 5.91. The van der Waals surface area contributed by atoms with Gasteiger partial charge in [0.1, 0.15) is 19.0 Å². The predicted octanol–water partition coefficient (Wildman–Crippen LogP) is 3.57. The third-order valence-electron chi connectivity index (χ3n) is 3.71. The molecule has 0 fully saturated rings. The highest BCUT2D eigenvalue weighted by Crippen LogP contribution is 2.30. The summed E-state index contributed by atoms with van der Waals surface area (Å²) < 4.78 is 16.5. The Bertz CT molecular complexity index is 806. The molecule has 0 spiro atoms. The number of ether oxygens (including phenoxy) is 3. The third-order valence-corrected chi connectivity index (χ3v) is 3.90. The van der Waals surface area contributed by atoms with Crippen molar-refractivity contribution in [1.29, 1.82) is 0 Å². The summed E-state index contributed by atoms with van der Waals surface area (Å²) in [7, 11) is 0. The number of hydrogen-bond acceptors (Lipinski definition) is 5. The van der Waals surface area contributed by atoms with E-state index in [4.69, 9.17) is 26.4 Å². The Hall–Kier alpha value is -2.80. The summed E-state index contributed by atoms with van der Waals surface area (Å²) in [5.74, 6) is 2.32. The zero-order valence-corrected chi connectivity index (χ0v) is 15.6. The fraction of sp³-hybridized carbons (Fsp3) is 0.263. The molecule has 26 heavy (non-hydrogen) atoms. The largest absolute Gasteiger partial charge is 0.494 e. The molecule has 0 saturated heterocycles. The summed E-state index contributed by atoms with van der Waals surface area (Å²) in [5, 5.41) is 7.82. The van der Waals surface area contributed by atoms with Crippen LogP contribution < -0.4 is 25.0 Å². The van der Waals surface area contributed by atoms with Gasteiger partial charge in [-0.15, -0.1) is 0 Å². The number of nitrogens with zero attached hydrogens (tertiary/aromatic N) is 1. The van der Waals surface area contributed by atoms with Gasteiger partial charge in [-0.2, -0.15) is 5.10 Å². The standard InChI is InChI=1S/C19H21N3O3S/c1-3-23-16-7-5-15(6-8-16)20-19(26)22-21-13(2)14-4-9-17-18(12-14)25-11-10-24-17/h4-9,12H,3,10-11H2,1-2H3,(H2,20,22,26)/b21-13+. The van der Waals surface area contributed by atoms with E-state index >= 15 is 0 Å². The topological polar surface area (TPSA) is 64.1 Å². The fourth-order valence-corrected chi connectivity index (χ4v) is 2.59. The first-order valence-electron chi connectivity index (χ1n) is 8.40. The van der Waals surface area contributed by atoms with Crippen LogP contribution in [0.4, 0.5) is 5.69 Å². The van der Waals surface area contributed by atoms with E-state index < -0.39 is 0 Å². The lowest BCUT2D eigenvalue weighted by Crippen LogP contribution is -2.25. The van der Waals surface area contributed by atoms with Crippen molar-refractivity contribution in [1.82, 2.24) is 5.43 Å². The number of benzene rings is 2. The summed E-state index contributed by atoms with van der Waals surface area (Å²) in [6.45, 7) is 5.62. The van der Waals surface area contributed by atoms with E-state index in [-0.39, 0.29) is 0 Å². The molecule has 1 aliphatic rings. The van der Waals surface area contributed by atoms with Gasteiger partial charge in [0.25, 0.3) is 0 Å². The van der Waals surface area contributed by atoms with Crippen molar-refractivity contribution in [2.45, 2.75) is 13.8 Å². The summed E-state index contributed by atoms with van der Waals surface area (Å²) >= 11 is 5.28. The Morgan fingerprint density at radius 3 is 2.58 bits per heavy atom. The van der Waals surface area contributed by atoms with Crippen LogP contribution in [-0.2, 0) is 0 Å². The van der Waals surface area contributed by atoms with Crippen LogP contribution in [0.15, 0.2) is 47.6 Å². The minimum atomic E-state index is 0.408. The number of thiocarbonyl (C=S) groups is 1. The van der Waals surface area contributed by atoms with Gasteiger partial charge >= 0.3 is 0 Å². The highest BCUT2D eigenvalue weighted by Gasteiger charge is 2.12. The van der Waals surface area contributed by atoms with Crippen LogP contribution in [0, 0.1) is 0 Å². The maximum Gasteiger partial charge on any atom is 0.191 e. The second kappa shape index (κ2) is 8.53. The second-order valence-electron chi connectivity index (χ2n) is 5.58. The van der Waals surface area contributed by atoms with E-state index in [1.807, 2.05) is 56.3 Å². The van der Waals surface area contributed by atoms with Crippen molar-refractivity contribution in [3.63, 3.8) is 0 Å². The van der Waals surface area contributed by atoms with Crippen molar-refractivity contribution >= 4 is 28.7 Å². The molecule has 136 valence electrons. The molecule has 0 aromatic heterocycles. The Morgan fingerprint density at radius 1 is 1.12 bits per heavy atom. The van der Waals surface area contributed by atoms with Crippen molar-refractivity contribution in [2.75, 3.05) is 25.1 Å². The SMILES string of the molecule is CCOc1ccc(NC(=S)N/N=C(\C)c2ccc3c(c2)OCCO3)cc1. The molecule has 2 aromatic carbocycles. The maximum absolute atomic E-state index is 5.60. The normalized spacial score (nSPS) is 13.1. The van der Waals surface area contributed by atoms with E-state index in [1.165, 1.54) is 0 Å². The zero-order valence-electron chi connectivity index (χ0n) is 14.7. The quantitative estimate of drug-likeness (QED) is 0.476. The summed E-state index contributed by atoms with van der Waals surface area (Å²) in [5.41, 5.74) is 5.44. The van der Waals surface area contributed by atoms with Crippen LogP contribution in [0.5, 0.6) is 17.2 Å². The molecular weight excluding hydrogens is 350 g/mol. The van der Waals surface area contributed by atoms with Gasteiger partial charge in [-0.1, -0.05) is 0 Å². The molecule has 0 aliphatic carbocycles. The first kappa shape index (κ1) is 18.0. The number of hydrogen-bond donors (Lipinski definition) is 2. The second-order valence-corrected chi connectivity index (χ2v) is 5.99. The number of nitrogens with one attached hydrogen (secondary N) is 2. The van der Waals surface area contributed by atoms with Crippen LogP contribution in [0.2, 0.25) is 0 Å². The first-order valence-corrected chi connectivity index (χ1v) is 8.80. The minimum Gasteiger partial charge on any atom is -0.494 e. The average molecular weight is 371 g/mol. The van der Waals surface area contributed by atoms with Crippen LogP contribution in [-0.4, -0.2) is 30.6 Å². The van der Waals surface area contributed by atoms with Crippen LogP contribution >= 0.6 is 12.2 Å². The molecule has 1 heterocycles. The molecule has 7 heteroatoms. The molecule has 0 saturated carbocycles. The molecule has 0 bridgehead atoms. The van der Waals surface area contributed by atoms with Crippen molar-refractivity contribution in [2.24, 2.45) is 5.10 Å². The molecule has 0 amide bonds. The number of rotatable bonds is 5. The van der Waals surface area contributed by atoms with E-state index in [1.54, 1.807) is 0 Å². The van der Waals surface area contributed by atoms with E-state index in [0.717, 1.165) is 34.2 Å². The summed E-state index contributed by atoms with van der Waals surface area (Å²) in [4.78, 5) is 0. The van der Waals surface area contributed by atoms with Crippen molar-refractivity contribution in [3.05, 3.63) is 48.0 Å². The van der Waals surface area contributed by atoms with E-state index in [2.05, 4.69) is 15.8 Å². The van der Waals surface area contributed by atoms with E-state index in [9.17, 15) is 0 Å². The molecule has 1 aliphatic heterocycles. The Labute approximate surface area is 158 Å². The van der Waals surface area contributed by atoms with Gasteiger partial charge in [0, 0.05) is 11.3 Å². The Morgan fingerprint density at radius 2 is 1.85 bits per heavy atom. The van der Waals surface area contributed by atoms with Crippen LogP contribution in [0.25, 0.3) is 0 Å². The molecule has 2 N–H and O–H groups in total. The lowest BCUT2D eigenvalue weighted by atomic mass is 10.1. The smallest absolute Gasteiger partial charge is 0.191 e. The molecule has 3 rings (SSSR count). The van der Waals surface area contributed by atoms with Crippen LogP contribution in [0.3, 0.4) is 0 Å². The molecule has 0 unspecified atom stereocenters. The molecule has 6 nitrogen and oxygen atoms in total. The van der Waals surface area contributed by atoms with Crippen molar-refractivity contribution < 1.29 is 14.2 Å². The van der Waals surface area contributed by atoms with Gasteiger partial charge in [0.15, 0.2) is 16.6 Å². The highest BCUT2D eigenvalue weighted by atomic mass is 32.1. The third kappa shape index (κ3) is 4.64. The highest BCUT2D eigenvalue weighted by molar-refractivity contribution is 7.80. The number of anilines is 1. The number of fused-ring (bicyclic) bond motifs is 1. The average Bonchev–Trinajstić information content (AvgIpc) is 2.67. The predicted molar refractivity (Wildman–Crippen MR) is 107 cm³/mol. The monoisotopic (exact) mass is 371 g/mol. The molecule has 0 radical (unpaired) electrons. The number of hydrazone groups is 1. The zero-order chi connectivity index (χ0) is 18.4. The van der Waals surface area contributed by atoms with Crippen molar-refractivity contribution in [3.8, 4) is 17.2 Å². The van der Waals surface area contributed by atoms with Gasteiger partial charge in [0.2, 0.25) is 0 Å².